The predicted molar refractivity (Wildman–Crippen MR) is 106 cm³/mol. The topological polar surface area (TPSA) is 75.5 Å². The van der Waals surface area contributed by atoms with E-state index in [0.29, 0.717) is 24.6 Å². The van der Waals surface area contributed by atoms with E-state index in [4.69, 9.17) is 0 Å². The Morgan fingerprint density at radius 3 is 2.71 bits per heavy atom. The highest BCUT2D eigenvalue weighted by atomic mass is 19.1. The maximum atomic E-state index is 12.9. The van der Waals surface area contributed by atoms with Gasteiger partial charge in [0.05, 0.1) is 4.92 Å². The number of nitrogens with one attached hydrogen (secondary N) is 1. The van der Waals surface area contributed by atoms with Gasteiger partial charge in [-0.15, -0.1) is 0 Å². The summed E-state index contributed by atoms with van der Waals surface area (Å²) in [6.45, 7) is 4.07. The van der Waals surface area contributed by atoms with Gasteiger partial charge in [0, 0.05) is 31.3 Å². The molecule has 28 heavy (non-hydrogen) atoms. The van der Waals surface area contributed by atoms with E-state index in [0.717, 1.165) is 31.5 Å². The van der Waals surface area contributed by atoms with Crippen molar-refractivity contribution in [1.82, 2.24) is 5.32 Å². The summed E-state index contributed by atoms with van der Waals surface area (Å²) in [4.78, 5) is 25.6. The number of carbonyl (C=O) groups excluding carboxylic acids is 1. The first-order valence-electron chi connectivity index (χ1n) is 9.50. The number of rotatable bonds is 6. The number of hydrogen-bond acceptors (Lipinski definition) is 4. The van der Waals surface area contributed by atoms with E-state index < -0.39 is 4.92 Å². The quantitative estimate of drug-likeness (QED) is 0.604. The van der Waals surface area contributed by atoms with Crippen molar-refractivity contribution in [3.63, 3.8) is 0 Å². The lowest BCUT2D eigenvalue weighted by molar-refractivity contribution is -0.384. The molecule has 0 radical (unpaired) electrons. The Hall–Kier alpha value is -2.96. The predicted octanol–water partition coefficient (Wildman–Crippen LogP) is 3.94. The van der Waals surface area contributed by atoms with Gasteiger partial charge >= 0.3 is 0 Å². The van der Waals surface area contributed by atoms with Crippen LogP contribution < -0.4 is 10.2 Å². The Balaban J connectivity index is 1.67. The first kappa shape index (κ1) is 19.8. The van der Waals surface area contributed by atoms with Gasteiger partial charge in [0.15, 0.2) is 0 Å². The summed E-state index contributed by atoms with van der Waals surface area (Å²) in [5, 5.41) is 14.3. The minimum Gasteiger partial charge on any atom is -0.366 e. The van der Waals surface area contributed by atoms with Crippen molar-refractivity contribution in [2.24, 2.45) is 5.92 Å². The zero-order valence-corrected chi connectivity index (χ0v) is 15.9. The lowest BCUT2D eigenvalue weighted by atomic mass is 9.99. The Morgan fingerprint density at radius 2 is 2.04 bits per heavy atom. The average Bonchev–Trinajstić information content (AvgIpc) is 2.69. The number of anilines is 1. The smallest absolute Gasteiger partial charge is 0.293 e. The lowest BCUT2D eigenvalue weighted by Crippen LogP contribution is -2.34. The second kappa shape index (κ2) is 8.82. The van der Waals surface area contributed by atoms with Crippen LogP contribution in [0.3, 0.4) is 0 Å². The monoisotopic (exact) mass is 385 g/mol. The van der Waals surface area contributed by atoms with Gasteiger partial charge in [-0.05, 0) is 55.0 Å². The number of hydrogen-bond donors (Lipinski definition) is 1. The van der Waals surface area contributed by atoms with Gasteiger partial charge < -0.3 is 10.2 Å². The summed E-state index contributed by atoms with van der Waals surface area (Å²) in [7, 11) is 0. The van der Waals surface area contributed by atoms with Gasteiger partial charge in [-0.3, -0.25) is 14.9 Å². The molecule has 1 amide bonds. The highest BCUT2D eigenvalue weighted by molar-refractivity contribution is 5.95. The van der Waals surface area contributed by atoms with Gasteiger partial charge in [0.25, 0.3) is 11.6 Å². The Labute approximate surface area is 163 Å². The molecule has 1 aliphatic heterocycles. The van der Waals surface area contributed by atoms with Crippen LogP contribution in [0, 0.1) is 21.8 Å². The number of benzene rings is 2. The number of carbonyl (C=O) groups is 1. The van der Waals surface area contributed by atoms with Gasteiger partial charge in [0.2, 0.25) is 0 Å². The number of nitro groups is 1. The molecule has 0 aliphatic carbocycles. The third-order valence-corrected chi connectivity index (χ3v) is 5.04. The van der Waals surface area contributed by atoms with Crippen molar-refractivity contribution >= 4 is 17.3 Å². The van der Waals surface area contributed by atoms with Crippen LogP contribution in [0.4, 0.5) is 15.8 Å². The molecule has 1 heterocycles. The molecule has 0 saturated carbocycles. The molecular weight excluding hydrogens is 361 g/mol. The summed E-state index contributed by atoms with van der Waals surface area (Å²) in [6.07, 6.45) is 2.68. The Kier molecular flexibility index (Phi) is 6.23. The molecule has 7 heteroatoms. The van der Waals surface area contributed by atoms with Crippen molar-refractivity contribution in [3.8, 4) is 0 Å². The van der Waals surface area contributed by atoms with Crippen LogP contribution in [-0.2, 0) is 6.42 Å². The zero-order chi connectivity index (χ0) is 20.1. The third-order valence-electron chi connectivity index (χ3n) is 5.04. The summed E-state index contributed by atoms with van der Waals surface area (Å²) >= 11 is 0. The molecule has 2 aromatic rings. The van der Waals surface area contributed by atoms with E-state index in [1.807, 2.05) is 4.90 Å². The van der Waals surface area contributed by atoms with Crippen LogP contribution in [0.5, 0.6) is 0 Å². The molecule has 1 saturated heterocycles. The maximum Gasteiger partial charge on any atom is 0.293 e. The number of nitro benzene ring substituents is 1. The van der Waals surface area contributed by atoms with Crippen LogP contribution in [0.25, 0.3) is 0 Å². The number of piperidine rings is 1. The van der Waals surface area contributed by atoms with E-state index in [9.17, 15) is 19.3 Å². The van der Waals surface area contributed by atoms with Crippen LogP contribution in [0.1, 0.15) is 35.7 Å². The zero-order valence-electron chi connectivity index (χ0n) is 15.9. The Bertz CT molecular complexity index is 854. The largest absolute Gasteiger partial charge is 0.366 e. The van der Waals surface area contributed by atoms with Gasteiger partial charge in [-0.1, -0.05) is 19.1 Å². The molecule has 3 rings (SSSR count). The van der Waals surface area contributed by atoms with Crippen LogP contribution in [0.15, 0.2) is 42.5 Å². The molecule has 1 aliphatic rings. The standard InChI is InChI=1S/C21H24FN3O3/c1-15-3-2-12-24(14-15)19-9-6-17(13-20(19)25(27)28)21(26)23-11-10-16-4-7-18(22)8-5-16/h4-9,13,15H,2-3,10-12,14H2,1H3,(H,23,26)/t15-/m1/s1. The summed E-state index contributed by atoms with van der Waals surface area (Å²) in [6, 6.07) is 10.7. The normalized spacial score (nSPS) is 16.6. The molecule has 1 N–H and O–H groups in total. The van der Waals surface area contributed by atoms with E-state index in [2.05, 4.69) is 12.2 Å². The van der Waals surface area contributed by atoms with Gasteiger partial charge in [-0.25, -0.2) is 4.39 Å². The average molecular weight is 385 g/mol. The fourth-order valence-corrected chi connectivity index (χ4v) is 3.56. The van der Waals surface area contributed by atoms with Crippen LogP contribution in [0.2, 0.25) is 0 Å². The molecule has 0 unspecified atom stereocenters. The molecule has 1 fully saturated rings. The highest BCUT2D eigenvalue weighted by Crippen LogP contribution is 2.32. The maximum absolute atomic E-state index is 12.9. The van der Waals surface area contributed by atoms with Crippen LogP contribution in [-0.4, -0.2) is 30.5 Å². The summed E-state index contributed by atoms with van der Waals surface area (Å²) < 4.78 is 12.9. The molecular formula is C21H24FN3O3. The molecule has 0 aromatic heterocycles. The fraction of sp³-hybridized carbons (Fsp3) is 0.381. The highest BCUT2D eigenvalue weighted by Gasteiger charge is 2.25. The SMILES string of the molecule is C[C@@H]1CCCN(c2ccc(C(=O)NCCc3ccc(F)cc3)cc2[N+](=O)[O-])C1. The lowest BCUT2D eigenvalue weighted by Gasteiger charge is -2.32. The minimum absolute atomic E-state index is 0.0414. The summed E-state index contributed by atoms with van der Waals surface area (Å²) in [5.41, 5.74) is 1.70. The molecule has 0 spiro atoms. The minimum atomic E-state index is -0.427. The number of amides is 1. The number of nitrogens with zero attached hydrogens (tertiary/aromatic N) is 2. The first-order chi connectivity index (χ1) is 13.4. The third kappa shape index (κ3) is 4.85. The van der Waals surface area contributed by atoms with Gasteiger partial charge in [-0.2, -0.15) is 0 Å². The molecule has 6 nitrogen and oxygen atoms in total. The summed E-state index contributed by atoms with van der Waals surface area (Å²) in [5.74, 6) is -0.171. The molecule has 2 aromatic carbocycles. The second-order valence-corrected chi connectivity index (χ2v) is 7.29. The van der Waals surface area contributed by atoms with E-state index in [1.54, 1.807) is 24.3 Å². The van der Waals surface area contributed by atoms with E-state index in [-0.39, 0.29) is 23.0 Å². The molecule has 148 valence electrons. The molecule has 0 bridgehead atoms. The van der Waals surface area contributed by atoms with E-state index in [1.165, 1.54) is 18.2 Å². The van der Waals surface area contributed by atoms with Crippen molar-refractivity contribution in [2.75, 3.05) is 24.5 Å². The Morgan fingerprint density at radius 1 is 1.29 bits per heavy atom. The van der Waals surface area contributed by atoms with Crippen molar-refractivity contribution in [1.29, 1.82) is 0 Å². The van der Waals surface area contributed by atoms with E-state index >= 15 is 0 Å². The fourth-order valence-electron chi connectivity index (χ4n) is 3.56. The van der Waals surface area contributed by atoms with Crippen LogP contribution >= 0.6 is 0 Å². The van der Waals surface area contributed by atoms with Crippen molar-refractivity contribution in [3.05, 3.63) is 69.5 Å². The molecule has 1 atom stereocenters. The second-order valence-electron chi connectivity index (χ2n) is 7.29. The van der Waals surface area contributed by atoms with Crippen molar-refractivity contribution in [2.45, 2.75) is 26.2 Å². The van der Waals surface area contributed by atoms with Crippen molar-refractivity contribution < 1.29 is 14.1 Å². The first-order valence-corrected chi connectivity index (χ1v) is 9.50. The number of halogens is 1. The van der Waals surface area contributed by atoms with Gasteiger partial charge in [0.1, 0.15) is 11.5 Å².